The van der Waals surface area contributed by atoms with Gasteiger partial charge in [-0.3, -0.25) is 0 Å². The molecular formula is C21H20Cl2N6S2. The lowest BCUT2D eigenvalue weighted by Crippen LogP contribution is -2.41. The van der Waals surface area contributed by atoms with Crippen LogP contribution in [0.5, 0.6) is 0 Å². The summed E-state index contributed by atoms with van der Waals surface area (Å²) in [6.07, 6.45) is 7.96. The third-order valence-electron chi connectivity index (χ3n) is 5.24. The van der Waals surface area contributed by atoms with E-state index in [0.29, 0.717) is 26.4 Å². The van der Waals surface area contributed by atoms with Crippen molar-refractivity contribution in [2.75, 3.05) is 11.9 Å². The highest BCUT2D eigenvalue weighted by atomic mass is 35.5. The number of rotatable bonds is 6. The van der Waals surface area contributed by atoms with E-state index in [1.165, 1.54) is 30.2 Å². The molecule has 1 aliphatic carbocycles. The molecule has 0 aliphatic heterocycles. The molecule has 0 saturated heterocycles. The highest BCUT2D eigenvalue weighted by Gasteiger charge is 2.35. The van der Waals surface area contributed by atoms with Gasteiger partial charge in [-0.2, -0.15) is 0 Å². The predicted octanol–water partition coefficient (Wildman–Crippen LogP) is 5.52. The van der Waals surface area contributed by atoms with E-state index in [2.05, 4.69) is 42.7 Å². The fourth-order valence-electron chi connectivity index (χ4n) is 3.75. The minimum Gasteiger partial charge on any atom is -0.361 e. The van der Waals surface area contributed by atoms with Crippen molar-refractivity contribution in [2.24, 2.45) is 0 Å². The Morgan fingerprint density at radius 1 is 1.06 bits per heavy atom. The standard InChI is InChI=1S/C21H20Cl2N6S2/c22-15-6-4-14(5-7-15)21(8-1-2-9-21)13-26-19(30)29-18-27-16(23)12-17(28-18)31-20-24-10-3-11-25-20/h3-7,10-12H,1-2,8-9,13H2,(H2,26,27,28,29,30). The monoisotopic (exact) mass is 490 g/mol. The second-order valence-corrected chi connectivity index (χ2v) is 9.51. The Kier molecular flexibility index (Phi) is 7.22. The summed E-state index contributed by atoms with van der Waals surface area (Å²) in [5.74, 6) is 0.329. The topological polar surface area (TPSA) is 75.6 Å². The van der Waals surface area contributed by atoms with Gasteiger partial charge in [0.25, 0.3) is 0 Å². The normalized spacial score (nSPS) is 14.9. The lowest BCUT2D eigenvalue weighted by molar-refractivity contribution is 0.435. The summed E-state index contributed by atoms with van der Waals surface area (Å²) in [6, 6.07) is 11.5. The molecule has 2 aromatic heterocycles. The van der Waals surface area contributed by atoms with Crippen LogP contribution in [0.4, 0.5) is 5.95 Å². The van der Waals surface area contributed by atoms with Crippen molar-refractivity contribution in [1.29, 1.82) is 0 Å². The molecule has 0 spiro atoms. The molecule has 2 heterocycles. The molecule has 1 aromatic carbocycles. The summed E-state index contributed by atoms with van der Waals surface area (Å²) in [5.41, 5.74) is 1.32. The van der Waals surface area contributed by atoms with Gasteiger partial charge < -0.3 is 10.6 Å². The SMILES string of the molecule is S=C(NCC1(c2ccc(Cl)cc2)CCCC1)Nc1nc(Cl)cc(Sc2ncccn2)n1. The van der Waals surface area contributed by atoms with E-state index in [-0.39, 0.29) is 5.41 Å². The van der Waals surface area contributed by atoms with Crippen LogP contribution < -0.4 is 10.6 Å². The molecule has 6 nitrogen and oxygen atoms in total. The van der Waals surface area contributed by atoms with Crippen LogP contribution >= 0.6 is 47.2 Å². The average molecular weight is 491 g/mol. The molecule has 160 valence electrons. The van der Waals surface area contributed by atoms with Crippen LogP contribution in [-0.2, 0) is 5.41 Å². The number of thiocarbonyl (C=S) groups is 1. The molecular weight excluding hydrogens is 471 g/mol. The van der Waals surface area contributed by atoms with Crippen molar-refractivity contribution in [3.05, 3.63) is 64.5 Å². The highest BCUT2D eigenvalue weighted by molar-refractivity contribution is 7.99. The van der Waals surface area contributed by atoms with E-state index in [1.54, 1.807) is 24.5 Å². The summed E-state index contributed by atoms with van der Waals surface area (Å²) < 4.78 is 0. The predicted molar refractivity (Wildman–Crippen MR) is 129 cm³/mol. The fraction of sp³-hybridized carbons (Fsp3) is 0.286. The first kappa shape index (κ1) is 22.2. The van der Waals surface area contributed by atoms with Crippen LogP contribution in [-0.4, -0.2) is 31.6 Å². The second-order valence-electron chi connectivity index (χ2n) is 7.29. The van der Waals surface area contributed by atoms with Gasteiger partial charge in [0.05, 0.1) is 0 Å². The Morgan fingerprint density at radius 2 is 1.77 bits per heavy atom. The van der Waals surface area contributed by atoms with Gasteiger partial charge in [0, 0.05) is 35.4 Å². The number of benzene rings is 1. The summed E-state index contributed by atoms with van der Waals surface area (Å²) in [6.45, 7) is 0.723. The molecule has 4 rings (SSSR count). The van der Waals surface area contributed by atoms with Crippen molar-refractivity contribution < 1.29 is 0 Å². The molecule has 3 aromatic rings. The molecule has 1 aliphatic rings. The Balaban J connectivity index is 1.42. The number of hydrogen-bond acceptors (Lipinski definition) is 6. The van der Waals surface area contributed by atoms with E-state index < -0.39 is 0 Å². The number of aromatic nitrogens is 4. The van der Waals surface area contributed by atoms with Gasteiger partial charge in [0.1, 0.15) is 10.2 Å². The van der Waals surface area contributed by atoms with Crippen molar-refractivity contribution >= 4 is 58.2 Å². The number of halogens is 2. The number of anilines is 1. The van der Waals surface area contributed by atoms with Crippen molar-refractivity contribution in [3.63, 3.8) is 0 Å². The zero-order chi connectivity index (χ0) is 21.7. The van der Waals surface area contributed by atoms with E-state index >= 15 is 0 Å². The largest absolute Gasteiger partial charge is 0.361 e. The number of nitrogens with one attached hydrogen (secondary N) is 2. The maximum Gasteiger partial charge on any atom is 0.231 e. The second kappa shape index (κ2) is 10.1. The van der Waals surface area contributed by atoms with E-state index in [9.17, 15) is 0 Å². The molecule has 1 fully saturated rings. The fourth-order valence-corrected chi connectivity index (χ4v) is 5.01. The van der Waals surface area contributed by atoms with Gasteiger partial charge in [-0.15, -0.1) is 0 Å². The van der Waals surface area contributed by atoms with Crippen LogP contribution in [0.15, 0.2) is 59.0 Å². The third-order valence-corrected chi connectivity index (χ3v) is 6.74. The Morgan fingerprint density at radius 3 is 2.48 bits per heavy atom. The van der Waals surface area contributed by atoms with Gasteiger partial charge >= 0.3 is 0 Å². The molecule has 1 saturated carbocycles. The van der Waals surface area contributed by atoms with Crippen LogP contribution in [0.1, 0.15) is 31.2 Å². The van der Waals surface area contributed by atoms with Crippen LogP contribution in [0.3, 0.4) is 0 Å². The minimum atomic E-state index is 0.0389. The van der Waals surface area contributed by atoms with Crippen molar-refractivity contribution in [2.45, 2.75) is 41.3 Å². The smallest absolute Gasteiger partial charge is 0.231 e. The number of hydrogen-bond donors (Lipinski definition) is 2. The first-order chi connectivity index (χ1) is 15.0. The molecule has 31 heavy (non-hydrogen) atoms. The molecule has 0 bridgehead atoms. The summed E-state index contributed by atoms with van der Waals surface area (Å²) >= 11 is 19.1. The zero-order valence-electron chi connectivity index (χ0n) is 16.5. The zero-order valence-corrected chi connectivity index (χ0v) is 19.7. The molecule has 0 unspecified atom stereocenters. The van der Waals surface area contributed by atoms with E-state index in [0.717, 1.165) is 24.4 Å². The number of nitrogens with zero attached hydrogens (tertiary/aromatic N) is 4. The van der Waals surface area contributed by atoms with Crippen molar-refractivity contribution in [3.8, 4) is 0 Å². The maximum absolute atomic E-state index is 6.18. The van der Waals surface area contributed by atoms with Crippen molar-refractivity contribution in [1.82, 2.24) is 25.3 Å². The van der Waals surface area contributed by atoms with Gasteiger partial charge in [0.2, 0.25) is 5.95 Å². The molecule has 10 heteroatoms. The molecule has 2 N–H and O–H groups in total. The minimum absolute atomic E-state index is 0.0389. The van der Waals surface area contributed by atoms with E-state index in [1.807, 2.05) is 12.1 Å². The summed E-state index contributed by atoms with van der Waals surface area (Å²) in [5, 5.41) is 9.12. The molecule has 0 atom stereocenters. The van der Waals surface area contributed by atoms with Gasteiger partial charge in [-0.05, 0) is 60.6 Å². The van der Waals surface area contributed by atoms with Gasteiger partial charge in [-0.25, -0.2) is 19.9 Å². The first-order valence-corrected chi connectivity index (χ1v) is 11.8. The lowest BCUT2D eigenvalue weighted by Gasteiger charge is -2.30. The Bertz CT molecular complexity index is 1040. The van der Waals surface area contributed by atoms with E-state index in [4.69, 9.17) is 35.4 Å². The first-order valence-electron chi connectivity index (χ1n) is 9.83. The third kappa shape index (κ3) is 5.83. The molecule has 0 amide bonds. The quantitative estimate of drug-likeness (QED) is 0.265. The van der Waals surface area contributed by atoms with Crippen LogP contribution in [0, 0.1) is 0 Å². The van der Waals surface area contributed by atoms with Gasteiger partial charge in [-0.1, -0.05) is 48.2 Å². The summed E-state index contributed by atoms with van der Waals surface area (Å²) in [4.78, 5) is 17.1. The summed E-state index contributed by atoms with van der Waals surface area (Å²) in [7, 11) is 0. The highest BCUT2D eigenvalue weighted by Crippen LogP contribution is 2.41. The lowest BCUT2D eigenvalue weighted by atomic mass is 9.79. The van der Waals surface area contributed by atoms with Gasteiger partial charge in [0.15, 0.2) is 10.3 Å². The van der Waals surface area contributed by atoms with Crippen LogP contribution in [0.2, 0.25) is 10.2 Å². The van der Waals surface area contributed by atoms with Crippen LogP contribution in [0.25, 0.3) is 0 Å². The average Bonchev–Trinajstić information content (AvgIpc) is 3.23. The molecule has 0 radical (unpaired) electrons. The Labute approximate surface area is 200 Å². The Hall–Kier alpha value is -2.00. The maximum atomic E-state index is 6.18.